The summed E-state index contributed by atoms with van der Waals surface area (Å²) in [6.07, 6.45) is -2.69. The van der Waals surface area contributed by atoms with Gasteiger partial charge in [-0.25, -0.2) is 9.97 Å². The molecule has 0 radical (unpaired) electrons. The molecule has 2 atom stereocenters. The Hall–Kier alpha value is -2.26. The number of alkyl halides is 3. The Kier molecular flexibility index (Phi) is 6.14. The van der Waals surface area contributed by atoms with Crippen LogP contribution in [0.15, 0.2) is 30.5 Å². The molecule has 3 heterocycles. The zero-order valence-electron chi connectivity index (χ0n) is 15.9. The highest BCUT2D eigenvalue weighted by atomic mass is 19.4. The number of aromatic nitrogens is 3. The Balaban J connectivity index is 1.93. The number of anilines is 1. The number of aliphatic hydroxyl groups excluding tert-OH is 1. The number of aliphatic hydroxyl groups is 1. The van der Waals surface area contributed by atoms with Crippen LogP contribution in [0.25, 0.3) is 11.5 Å². The van der Waals surface area contributed by atoms with Crippen LogP contribution < -0.4 is 4.90 Å². The third-order valence-corrected chi connectivity index (χ3v) is 4.80. The summed E-state index contributed by atoms with van der Waals surface area (Å²) >= 11 is 0. The van der Waals surface area contributed by atoms with E-state index < -0.39 is 18.0 Å². The first-order valence-electron chi connectivity index (χ1n) is 9.32. The van der Waals surface area contributed by atoms with E-state index in [9.17, 15) is 18.3 Å². The van der Waals surface area contributed by atoms with Gasteiger partial charge in [-0.2, -0.15) is 13.2 Å². The summed E-state index contributed by atoms with van der Waals surface area (Å²) in [6.45, 7) is 6.02. The average Bonchev–Trinajstić information content (AvgIpc) is 2.67. The van der Waals surface area contributed by atoms with E-state index >= 15 is 0 Å². The smallest absolute Gasteiger partial charge is 0.392 e. The summed E-state index contributed by atoms with van der Waals surface area (Å²) in [5.74, 6) is 0.211. The van der Waals surface area contributed by atoms with Crippen LogP contribution >= 0.6 is 0 Å². The van der Waals surface area contributed by atoms with Gasteiger partial charge in [0.15, 0.2) is 11.5 Å². The Bertz CT molecular complexity index is 785. The fourth-order valence-electron chi connectivity index (χ4n) is 3.42. The van der Waals surface area contributed by atoms with E-state index in [1.54, 1.807) is 25.1 Å². The fraction of sp³-hybridized carbons (Fsp3) is 0.526. The quantitative estimate of drug-likeness (QED) is 0.840. The van der Waals surface area contributed by atoms with Gasteiger partial charge in [0.1, 0.15) is 11.5 Å². The molecule has 2 aromatic rings. The molecular weight excluding hydrogens is 371 g/mol. The molecule has 0 saturated carbocycles. The molecule has 6 nitrogen and oxygen atoms in total. The monoisotopic (exact) mass is 395 g/mol. The van der Waals surface area contributed by atoms with Crippen LogP contribution in [-0.2, 0) is 6.18 Å². The minimum Gasteiger partial charge on any atom is -0.392 e. The molecule has 0 amide bonds. The molecule has 0 aromatic carbocycles. The number of nitrogens with zero attached hydrogens (tertiary/aromatic N) is 5. The van der Waals surface area contributed by atoms with Crippen molar-refractivity contribution in [2.75, 3.05) is 31.1 Å². The van der Waals surface area contributed by atoms with Crippen molar-refractivity contribution in [2.45, 2.75) is 38.6 Å². The Morgan fingerprint density at radius 2 is 2.04 bits per heavy atom. The lowest BCUT2D eigenvalue weighted by Crippen LogP contribution is -2.54. The zero-order valence-corrected chi connectivity index (χ0v) is 15.9. The molecule has 1 aliphatic heterocycles. The Morgan fingerprint density at radius 3 is 2.64 bits per heavy atom. The number of hydrogen-bond donors (Lipinski definition) is 1. The Labute approximate surface area is 162 Å². The molecule has 0 spiro atoms. The normalized spacial score (nSPS) is 19.6. The molecule has 28 heavy (non-hydrogen) atoms. The van der Waals surface area contributed by atoms with Crippen molar-refractivity contribution in [1.29, 1.82) is 0 Å². The summed E-state index contributed by atoms with van der Waals surface area (Å²) in [5, 5.41) is 9.68. The van der Waals surface area contributed by atoms with Gasteiger partial charge in [0, 0.05) is 44.5 Å². The van der Waals surface area contributed by atoms with E-state index in [0.29, 0.717) is 31.9 Å². The fourth-order valence-corrected chi connectivity index (χ4v) is 3.42. The summed E-state index contributed by atoms with van der Waals surface area (Å²) < 4.78 is 40.2. The third-order valence-electron chi connectivity index (χ3n) is 4.80. The van der Waals surface area contributed by atoms with Gasteiger partial charge in [-0.1, -0.05) is 13.0 Å². The van der Waals surface area contributed by atoms with Crippen LogP contribution in [0.3, 0.4) is 0 Å². The lowest BCUT2D eigenvalue weighted by molar-refractivity contribution is -0.141. The Morgan fingerprint density at radius 1 is 1.25 bits per heavy atom. The molecule has 0 bridgehead atoms. The van der Waals surface area contributed by atoms with Gasteiger partial charge in [-0.05, 0) is 25.5 Å². The van der Waals surface area contributed by atoms with E-state index in [0.717, 1.165) is 12.5 Å². The molecule has 1 saturated heterocycles. The number of pyridine rings is 1. The van der Waals surface area contributed by atoms with E-state index in [2.05, 4.69) is 19.9 Å². The molecule has 1 aliphatic rings. The first-order valence-corrected chi connectivity index (χ1v) is 9.32. The van der Waals surface area contributed by atoms with Crippen LogP contribution in [0, 0.1) is 0 Å². The van der Waals surface area contributed by atoms with Crippen molar-refractivity contribution >= 4 is 5.82 Å². The van der Waals surface area contributed by atoms with Crippen LogP contribution in [-0.4, -0.2) is 63.3 Å². The number of hydrogen-bond acceptors (Lipinski definition) is 6. The maximum atomic E-state index is 13.4. The number of β-amino-alcohol motifs (C(OH)–C–C–N with tert-alkyl or cyclic N) is 1. The molecule has 1 N–H and O–H groups in total. The minimum atomic E-state index is -4.57. The van der Waals surface area contributed by atoms with E-state index in [1.165, 1.54) is 6.20 Å². The lowest BCUT2D eigenvalue weighted by atomic mass is 10.1. The van der Waals surface area contributed by atoms with Crippen LogP contribution in [0.1, 0.15) is 26.0 Å². The lowest BCUT2D eigenvalue weighted by Gasteiger charge is -2.42. The largest absolute Gasteiger partial charge is 0.433 e. The highest BCUT2D eigenvalue weighted by molar-refractivity contribution is 5.54. The van der Waals surface area contributed by atoms with Crippen molar-refractivity contribution in [3.8, 4) is 11.5 Å². The zero-order chi connectivity index (χ0) is 20.3. The summed E-state index contributed by atoms with van der Waals surface area (Å²) in [7, 11) is 0. The van der Waals surface area contributed by atoms with Gasteiger partial charge >= 0.3 is 6.18 Å². The molecular formula is C19H24F3N5O. The van der Waals surface area contributed by atoms with Gasteiger partial charge in [0.05, 0.1) is 6.10 Å². The number of piperazine rings is 1. The van der Waals surface area contributed by atoms with E-state index in [-0.39, 0.29) is 17.7 Å². The molecule has 9 heteroatoms. The third kappa shape index (κ3) is 4.77. The van der Waals surface area contributed by atoms with Crippen molar-refractivity contribution in [2.24, 2.45) is 0 Å². The van der Waals surface area contributed by atoms with Crippen LogP contribution in [0.4, 0.5) is 19.0 Å². The summed E-state index contributed by atoms with van der Waals surface area (Å²) in [6, 6.07) is 6.10. The SMILES string of the molecule is CCC1CN(c2cc(C(F)(F)F)nc(-c3ccccn3)n2)CCN1CC(C)O. The second-order valence-electron chi connectivity index (χ2n) is 7.00. The van der Waals surface area contributed by atoms with Crippen molar-refractivity contribution < 1.29 is 18.3 Å². The second-order valence-corrected chi connectivity index (χ2v) is 7.00. The van der Waals surface area contributed by atoms with Crippen molar-refractivity contribution in [3.63, 3.8) is 0 Å². The van der Waals surface area contributed by atoms with Gasteiger partial charge in [0.25, 0.3) is 0 Å². The maximum Gasteiger partial charge on any atom is 0.433 e. The van der Waals surface area contributed by atoms with Crippen LogP contribution in [0.5, 0.6) is 0 Å². The highest BCUT2D eigenvalue weighted by Gasteiger charge is 2.35. The van der Waals surface area contributed by atoms with Gasteiger partial charge in [-0.3, -0.25) is 9.88 Å². The van der Waals surface area contributed by atoms with Crippen LogP contribution in [0.2, 0.25) is 0 Å². The minimum absolute atomic E-state index is 0.0371. The average molecular weight is 395 g/mol. The predicted molar refractivity (Wildman–Crippen MR) is 99.8 cm³/mol. The molecule has 152 valence electrons. The topological polar surface area (TPSA) is 65.4 Å². The van der Waals surface area contributed by atoms with Gasteiger partial charge in [0.2, 0.25) is 0 Å². The molecule has 3 rings (SSSR count). The standard InChI is InChI=1S/C19H24F3N5O/c1-3-14-12-27(9-8-26(14)11-13(2)28)17-10-16(19(20,21)22)24-18(25-17)15-6-4-5-7-23-15/h4-7,10,13-14,28H,3,8-9,11-12H2,1-2H3. The first-order chi connectivity index (χ1) is 13.3. The first kappa shape index (κ1) is 20.5. The van der Waals surface area contributed by atoms with Crippen molar-refractivity contribution in [1.82, 2.24) is 19.9 Å². The molecule has 0 aliphatic carbocycles. The summed E-state index contributed by atoms with van der Waals surface area (Å²) in [5.41, 5.74) is -0.674. The van der Waals surface area contributed by atoms with Gasteiger partial charge < -0.3 is 10.0 Å². The van der Waals surface area contributed by atoms with Crippen molar-refractivity contribution in [3.05, 3.63) is 36.2 Å². The maximum absolute atomic E-state index is 13.4. The predicted octanol–water partition coefficient (Wildman–Crippen LogP) is 2.84. The molecule has 2 aromatic heterocycles. The van der Waals surface area contributed by atoms with Gasteiger partial charge in [-0.15, -0.1) is 0 Å². The number of halogens is 3. The van der Waals surface area contributed by atoms with E-state index in [4.69, 9.17) is 0 Å². The second kappa shape index (κ2) is 8.40. The number of rotatable bonds is 5. The highest BCUT2D eigenvalue weighted by Crippen LogP contribution is 2.32. The molecule has 1 fully saturated rings. The molecule has 2 unspecified atom stereocenters. The summed E-state index contributed by atoms with van der Waals surface area (Å²) in [4.78, 5) is 16.2. The van der Waals surface area contributed by atoms with E-state index in [1.807, 2.05) is 11.8 Å².